The number of aliphatic hydroxyl groups excluding tert-OH is 1. The Hall–Kier alpha value is -1.59. The number of hydrogen-bond acceptors (Lipinski definition) is 8. The molecule has 2 aliphatic rings. The Morgan fingerprint density at radius 2 is 2.23 bits per heavy atom. The van der Waals surface area contributed by atoms with Gasteiger partial charge in [-0.2, -0.15) is 5.21 Å². The number of carboxylic acid groups (broad SMARTS) is 1. The van der Waals surface area contributed by atoms with E-state index >= 15 is 0 Å². The number of amides is 1. The molecule has 0 aliphatic carbocycles. The molecule has 0 bridgehead atoms. The first kappa shape index (κ1) is 15.3. The molecule has 0 saturated carbocycles. The van der Waals surface area contributed by atoms with E-state index in [2.05, 4.69) is 20.6 Å². The Kier molecular flexibility index (Phi) is 3.87. The van der Waals surface area contributed by atoms with Gasteiger partial charge in [0.15, 0.2) is 11.5 Å². The molecule has 0 aromatic carbocycles. The SMILES string of the molecule is CC(SC1=C(C(=O)O)N2C(=O)C(C(C)O)[C@H]2S1)c1nn[nH]n1. The summed E-state index contributed by atoms with van der Waals surface area (Å²) in [5.74, 6) is -1.63. The summed E-state index contributed by atoms with van der Waals surface area (Å²) in [5, 5.41) is 32.1. The van der Waals surface area contributed by atoms with Gasteiger partial charge in [-0.1, -0.05) is 17.0 Å². The van der Waals surface area contributed by atoms with Gasteiger partial charge in [-0.05, 0) is 13.8 Å². The number of nitrogens with zero attached hydrogens (tertiary/aromatic N) is 4. The van der Waals surface area contributed by atoms with E-state index in [1.807, 2.05) is 6.92 Å². The molecule has 3 rings (SSSR count). The molecule has 9 nitrogen and oxygen atoms in total. The maximum absolute atomic E-state index is 12.1. The highest BCUT2D eigenvalue weighted by Crippen LogP contribution is 2.55. The molecular weight excluding hydrogens is 330 g/mol. The second-order valence-corrected chi connectivity index (χ2v) is 7.69. The van der Waals surface area contributed by atoms with E-state index in [9.17, 15) is 19.8 Å². The minimum absolute atomic E-state index is 0.0303. The van der Waals surface area contributed by atoms with Crippen molar-refractivity contribution in [3.05, 3.63) is 15.8 Å². The van der Waals surface area contributed by atoms with Crippen LogP contribution in [0, 0.1) is 5.92 Å². The lowest BCUT2D eigenvalue weighted by Gasteiger charge is -2.43. The van der Waals surface area contributed by atoms with Crippen LogP contribution in [0.5, 0.6) is 0 Å². The summed E-state index contributed by atoms with van der Waals surface area (Å²) >= 11 is 2.55. The number of aliphatic carboxylic acids is 1. The smallest absolute Gasteiger partial charge is 0.354 e. The van der Waals surface area contributed by atoms with Gasteiger partial charge in [0.2, 0.25) is 5.91 Å². The van der Waals surface area contributed by atoms with Crippen LogP contribution in [0.2, 0.25) is 0 Å². The van der Waals surface area contributed by atoms with Crippen LogP contribution in [0.1, 0.15) is 24.9 Å². The van der Waals surface area contributed by atoms with Crippen molar-refractivity contribution in [1.82, 2.24) is 25.5 Å². The second-order valence-electron chi connectivity index (χ2n) is 4.95. The van der Waals surface area contributed by atoms with Crippen LogP contribution in [-0.2, 0) is 9.59 Å². The number of aliphatic hydroxyl groups is 1. The van der Waals surface area contributed by atoms with Crippen molar-refractivity contribution in [3.63, 3.8) is 0 Å². The molecule has 22 heavy (non-hydrogen) atoms. The molecule has 3 heterocycles. The van der Waals surface area contributed by atoms with E-state index in [0.29, 0.717) is 10.1 Å². The fraction of sp³-hybridized carbons (Fsp3) is 0.545. The molecule has 1 amide bonds. The first-order chi connectivity index (χ1) is 10.4. The van der Waals surface area contributed by atoms with E-state index in [-0.39, 0.29) is 22.2 Å². The van der Waals surface area contributed by atoms with Crippen LogP contribution < -0.4 is 0 Å². The van der Waals surface area contributed by atoms with Gasteiger partial charge in [0.1, 0.15) is 5.37 Å². The fourth-order valence-electron chi connectivity index (χ4n) is 2.39. The van der Waals surface area contributed by atoms with Crippen molar-refractivity contribution < 1.29 is 19.8 Å². The molecule has 0 radical (unpaired) electrons. The van der Waals surface area contributed by atoms with E-state index in [1.54, 1.807) is 0 Å². The zero-order valence-electron chi connectivity index (χ0n) is 11.6. The molecule has 0 spiro atoms. The fourth-order valence-corrected chi connectivity index (χ4v) is 5.48. The lowest BCUT2D eigenvalue weighted by Crippen LogP contribution is -2.60. The van der Waals surface area contributed by atoms with Gasteiger partial charge < -0.3 is 10.2 Å². The van der Waals surface area contributed by atoms with Crippen LogP contribution in [0.25, 0.3) is 0 Å². The standard InChI is InChI=1S/C11H13N5O4S2/c1-3(17)5-8(18)16-6(10(19)20)11(22-9(5)16)21-4(2)7-12-14-15-13-7/h3-5,9,17H,1-2H3,(H,19,20)(H,12,13,14,15)/t3?,4?,5?,9-/m1/s1. The quantitative estimate of drug-likeness (QED) is 0.639. The monoisotopic (exact) mass is 343 g/mol. The van der Waals surface area contributed by atoms with Crippen molar-refractivity contribution >= 4 is 35.4 Å². The number of thioether (sulfide) groups is 2. The third-order valence-electron chi connectivity index (χ3n) is 3.48. The van der Waals surface area contributed by atoms with Crippen LogP contribution >= 0.6 is 23.5 Å². The average Bonchev–Trinajstić information content (AvgIpc) is 3.04. The van der Waals surface area contributed by atoms with Gasteiger partial charge in [0.25, 0.3) is 0 Å². The third-order valence-corrected chi connectivity index (χ3v) is 6.18. The van der Waals surface area contributed by atoms with Gasteiger partial charge in [-0.25, -0.2) is 4.79 Å². The van der Waals surface area contributed by atoms with Crippen LogP contribution in [0.3, 0.4) is 0 Å². The molecule has 1 aromatic rings. The summed E-state index contributed by atoms with van der Waals surface area (Å²) in [6.07, 6.45) is -0.810. The van der Waals surface area contributed by atoms with Crippen LogP contribution in [-0.4, -0.2) is 59.1 Å². The van der Waals surface area contributed by atoms with Gasteiger partial charge in [-0.3, -0.25) is 9.69 Å². The molecular formula is C11H13N5O4S2. The van der Waals surface area contributed by atoms with Gasteiger partial charge in [0, 0.05) is 0 Å². The highest BCUT2D eigenvalue weighted by Gasteiger charge is 2.57. The summed E-state index contributed by atoms with van der Waals surface area (Å²) in [4.78, 5) is 24.8. The minimum atomic E-state index is -1.16. The number of aromatic nitrogens is 4. The number of carbonyl (C=O) groups is 2. The normalized spacial score (nSPS) is 26.7. The number of tetrazole rings is 1. The third kappa shape index (κ3) is 2.29. The number of carbonyl (C=O) groups excluding carboxylic acids is 1. The topological polar surface area (TPSA) is 132 Å². The number of rotatable bonds is 5. The van der Waals surface area contributed by atoms with Gasteiger partial charge >= 0.3 is 5.97 Å². The average molecular weight is 343 g/mol. The Balaban J connectivity index is 1.84. The number of H-pyrrole nitrogens is 1. The number of β-lactam (4-membered cyclic amide) rings is 1. The molecule has 3 N–H and O–H groups in total. The highest BCUT2D eigenvalue weighted by molar-refractivity contribution is 8.22. The molecule has 3 unspecified atom stereocenters. The summed E-state index contributed by atoms with van der Waals surface area (Å²) in [7, 11) is 0. The predicted molar refractivity (Wildman–Crippen MR) is 78.2 cm³/mol. The highest BCUT2D eigenvalue weighted by atomic mass is 32.2. The van der Waals surface area contributed by atoms with Gasteiger partial charge in [0.05, 0.1) is 21.5 Å². The number of fused-ring (bicyclic) bond motifs is 1. The first-order valence-electron chi connectivity index (χ1n) is 6.47. The Morgan fingerprint density at radius 1 is 1.50 bits per heavy atom. The summed E-state index contributed by atoms with van der Waals surface area (Å²) in [5.41, 5.74) is -0.0303. The van der Waals surface area contributed by atoms with Crippen molar-refractivity contribution in [1.29, 1.82) is 0 Å². The largest absolute Gasteiger partial charge is 0.477 e. The molecule has 1 aromatic heterocycles. The number of nitrogens with one attached hydrogen (secondary N) is 1. The maximum Gasteiger partial charge on any atom is 0.354 e. The van der Waals surface area contributed by atoms with Crippen LogP contribution in [0.15, 0.2) is 9.93 Å². The van der Waals surface area contributed by atoms with E-state index < -0.39 is 18.0 Å². The molecule has 4 atom stereocenters. The Labute approximate surface area is 133 Å². The second kappa shape index (κ2) is 5.56. The van der Waals surface area contributed by atoms with Crippen LogP contribution in [0.4, 0.5) is 0 Å². The molecule has 1 fully saturated rings. The molecule has 2 aliphatic heterocycles. The zero-order valence-corrected chi connectivity index (χ0v) is 13.3. The summed E-state index contributed by atoms with van der Waals surface area (Å²) < 4.78 is 0.520. The van der Waals surface area contributed by atoms with Crippen molar-refractivity contribution in [2.24, 2.45) is 5.92 Å². The number of carboxylic acids is 1. The van der Waals surface area contributed by atoms with Crippen molar-refractivity contribution in [2.75, 3.05) is 0 Å². The number of aromatic amines is 1. The summed E-state index contributed by atoms with van der Waals surface area (Å²) in [6, 6.07) is 0. The van der Waals surface area contributed by atoms with E-state index in [4.69, 9.17) is 0 Å². The molecule has 118 valence electrons. The minimum Gasteiger partial charge on any atom is -0.477 e. The number of hydrogen-bond donors (Lipinski definition) is 3. The predicted octanol–water partition coefficient (Wildman–Crippen LogP) is 0.160. The Bertz CT molecular complexity index is 647. The van der Waals surface area contributed by atoms with Crippen molar-refractivity contribution in [3.8, 4) is 0 Å². The lowest BCUT2D eigenvalue weighted by atomic mass is 9.92. The van der Waals surface area contributed by atoms with Crippen molar-refractivity contribution in [2.45, 2.75) is 30.6 Å². The zero-order chi connectivity index (χ0) is 16.0. The Morgan fingerprint density at radius 3 is 2.77 bits per heavy atom. The first-order valence-corrected chi connectivity index (χ1v) is 8.23. The van der Waals surface area contributed by atoms with Gasteiger partial charge in [-0.15, -0.1) is 22.0 Å². The van der Waals surface area contributed by atoms with E-state index in [1.165, 1.54) is 35.3 Å². The maximum atomic E-state index is 12.1. The molecule has 11 heteroatoms. The van der Waals surface area contributed by atoms with E-state index in [0.717, 1.165) is 0 Å². The lowest BCUT2D eigenvalue weighted by molar-refractivity contribution is -0.156. The summed E-state index contributed by atoms with van der Waals surface area (Å²) in [6.45, 7) is 3.36. The molecule has 1 saturated heterocycles.